The first-order valence-corrected chi connectivity index (χ1v) is 10.7. The Bertz CT molecular complexity index is 566. The Labute approximate surface area is 174 Å². The maximum atomic E-state index is 12.9. The molecule has 0 heterocycles. The van der Waals surface area contributed by atoms with E-state index in [0.29, 0.717) is 5.11 Å². The molecule has 0 aromatic heterocycles. The number of halogens is 1. The van der Waals surface area contributed by atoms with Gasteiger partial charge in [-0.05, 0) is 36.3 Å². The van der Waals surface area contributed by atoms with Crippen molar-refractivity contribution in [3.63, 3.8) is 0 Å². The van der Waals surface area contributed by atoms with Crippen LogP contribution >= 0.6 is 12.2 Å². The fourth-order valence-corrected chi connectivity index (χ4v) is 3.09. The van der Waals surface area contributed by atoms with Crippen molar-refractivity contribution in [1.82, 2.24) is 10.6 Å². The third kappa shape index (κ3) is 11.4. The fourth-order valence-electron chi connectivity index (χ4n) is 2.84. The molecule has 0 amide bonds. The van der Waals surface area contributed by atoms with Gasteiger partial charge in [0.15, 0.2) is 5.11 Å². The van der Waals surface area contributed by atoms with Crippen molar-refractivity contribution in [2.24, 2.45) is 0 Å². The van der Waals surface area contributed by atoms with Gasteiger partial charge in [-0.1, -0.05) is 76.2 Å². The molecule has 1 rings (SSSR count). The molecule has 6 heteroatoms. The van der Waals surface area contributed by atoms with Crippen molar-refractivity contribution >= 4 is 23.4 Å². The lowest BCUT2D eigenvalue weighted by Crippen LogP contribution is -2.49. The highest BCUT2D eigenvalue weighted by atomic mass is 32.1. The fraction of sp³-hybridized carbons (Fsp3) is 0.591. The first-order chi connectivity index (χ1) is 13.6. The van der Waals surface area contributed by atoms with Gasteiger partial charge in [0.25, 0.3) is 0 Å². The molecule has 0 radical (unpaired) electrons. The molecule has 0 spiro atoms. The monoisotopic (exact) mass is 410 g/mol. The van der Waals surface area contributed by atoms with E-state index < -0.39 is 12.1 Å². The largest absolute Gasteiger partial charge is 0.394 e. The number of aliphatic hydroxyl groups excluding tert-OH is 2. The summed E-state index contributed by atoms with van der Waals surface area (Å²) in [4.78, 5) is 0. The highest BCUT2D eigenvalue weighted by Crippen LogP contribution is 2.08. The summed E-state index contributed by atoms with van der Waals surface area (Å²) < 4.78 is 12.9. The van der Waals surface area contributed by atoms with Crippen LogP contribution < -0.4 is 10.6 Å². The van der Waals surface area contributed by atoms with Crippen molar-refractivity contribution in [2.75, 3.05) is 13.2 Å². The minimum Gasteiger partial charge on any atom is -0.394 e. The van der Waals surface area contributed by atoms with Crippen LogP contribution in [-0.2, 0) is 0 Å². The molecule has 4 N–H and O–H groups in total. The van der Waals surface area contributed by atoms with Crippen LogP contribution in [0.2, 0.25) is 0 Å². The van der Waals surface area contributed by atoms with Crippen molar-refractivity contribution < 1.29 is 14.6 Å². The summed E-state index contributed by atoms with van der Waals surface area (Å²) >= 11 is 5.25. The summed E-state index contributed by atoms with van der Waals surface area (Å²) in [6, 6.07) is 5.36. The molecule has 0 fully saturated rings. The van der Waals surface area contributed by atoms with Crippen LogP contribution in [0.25, 0.3) is 6.08 Å². The minimum atomic E-state index is -0.919. The number of thiocarbonyl (C=S) groups is 1. The SMILES string of the molecule is CCCCCCCCCCNC(=S)NC(CO)C(O)C=Cc1ccc(F)cc1. The number of rotatable bonds is 14. The molecular weight excluding hydrogens is 375 g/mol. The lowest BCUT2D eigenvalue weighted by atomic mass is 10.1. The average Bonchev–Trinajstić information content (AvgIpc) is 2.70. The molecule has 4 nitrogen and oxygen atoms in total. The van der Waals surface area contributed by atoms with Crippen LogP contribution in [0.5, 0.6) is 0 Å². The van der Waals surface area contributed by atoms with E-state index in [1.54, 1.807) is 24.3 Å². The van der Waals surface area contributed by atoms with E-state index in [-0.39, 0.29) is 12.4 Å². The zero-order chi connectivity index (χ0) is 20.6. The zero-order valence-electron chi connectivity index (χ0n) is 16.9. The summed E-state index contributed by atoms with van der Waals surface area (Å²) in [5.74, 6) is -0.305. The normalized spacial score (nSPS) is 13.4. The maximum absolute atomic E-state index is 12.9. The summed E-state index contributed by atoms with van der Waals surface area (Å²) in [7, 11) is 0. The van der Waals surface area contributed by atoms with Gasteiger partial charge in [0, 0.05) is 6.54 Å². The van der Waals surface area contributed by atoms with Crippen molar-refractivity contribution in [2.45, 2.75) is 70.4 Å². The Morgan fingerprint density at radius 2 is 1.68 bits per heavy atom. The minimum absolute atomic E-state index is 0.255. The summed E-state index contributed by atoms with van der Waals surface area (Å²) in [5, 5.41) is 26.2. The van der Waals surface area contributed by atoms with E-state index in [4.69, 9.17) is 12.2 Å². The molecule has 0 aliphatic carbocycles. The van der Waals surface area contributed by atoms with Gasteiger partial charge in [0.05, 0.1) is 18.8 Å². The summed E-state index contributed by atoms with van der Waals surface area (Å²) in [6.45, 7) is 2.75. The first kappa shape index (κ1) is 24.5. The number of hydrogen-bond acceptors (Lipinski definition) is 3. The zero-order valence-corrected chi connectivity index (χ0v) is 17.7. The highest BCUT2D eigenvalue weighted by molar-refractivity contribution is 7.80. The molecule has 1 aromatic rings. The second kappa shape index (κ2) is 15.4. The molecule has 2 unspecified atom stereocenters. The van der Waals surface area contributed by atoms with E-state index in [1.165, 1.54) is 57.1 Å². The Kier molecular flexibility index (Phi) is 13.5. The van der Waals surface area contributed by atoms with Gasteiger partial charge in [-0.25, -0.2) is 4.39 Å². The van der Waals surface area contributed by atoms with Crippen LogP contribution in [0.1, 0.15) is 63.9 Å². The molecule has 0 saturated heterocycles. The van der Waals surface area contributed by atoms with Gasteiger partial charge in [-0.2, -0.15) is 0 Å². The van der Waals surface area contributed by atoms with E-state index in [0.717, 1.165) is 18.5 Å². The quantitative estimate of drug-likeness (QED) is 0.274. The second-order valence-electron chi connectivity index (χ2n) is 7.07. The lowest BCUT2D eigenvalue weighted by Gasteiger charge is -2.22. The number of aliphatic hydroxyl groups is 2. The Morgan fingerprint density at radius 3 is 2.29 bits per heavy atom. The molecule has 1 aromatic carbocycles. The van der Waals surface area contributed by atoms with Gasteiger partial charge >= 0.3 is 0 Å². The van der Waals surface area contributed by atoms with Crippen LogP contribution in [0.4, 0.5) is 4.39 Å². The number of benzene rings is 1. The van der Waals surface area contributed by atoms with Crippen molar-refractivity contribution in [3.8, 4) is 0 Å². The van der Waals surface area contributed by atoms with Crippen molar-refractivity contribution in [3.05, 3.63) is 41.7 Å². The number of nitrogens with one attached hydrogen (secondary N) is 2. The van der Waals surface area contributed by atoms with Gasteiger partial charge in [0.1, 0.15) is 5.82 Å². The maximum Gasteiger partial charge on any atom is 0.166 e. The topological polar surface area (TPSA) is 64.5 Å². The molecular formula is C22H35FN2O2S. The summed E-state index contributed by atoms with van der Waals surface area (Å²) in [6.07, 6.45) is 12.4. The third-order valence-corrected chi connectivity index (χ3v) is 4.86. The molecule has 158 valence electrons. The van der Waals surface area contributed by atoms with Gasteiger partial charge < -0.3 is 20.8 Å². The number of unbranched alkanes of at least 4 members (excludes halogenated alkanes) is 7. The average molecular weight is 411 g/mol. The lowest BCUT2D eigenvalue weighted by molar-refractivity contribution is 0.134. The van der Waals surface area contributed by atoms with Crippen LogP contribution in [0, 0.1) is 5.82 Å². The van der Waals surface area contributed by atoms with Crippen LogP contribution in [0.3, 0.4) is 0 Å². The standard InChI is InChI=1S/C22H35FN2O2S/c1-2-3-4-5-6-7-8-9-16-24-22(28)25-20(17-26)21(27)15-12-18-10-13-19(23)14-11-18/h10-15,20-21,26-27H,2-9,16-17H2,1H3,(H2,24,25,28). The first-order valence-electron chi connectivity index (χ1n) is 10.3. The predicted octanol–water partition coefficient (Wildman–Crippen LogP) is 4.17. The molecule has 0 bridgehead atoms. The summed E-state index contributed by atoms with van der Waals surface area (Å²) in [5.41, 5.74) is 0.771. The van der Waals surface area contributed by atoms with Crippen molar-refractivity contribution in [1.29, 1.82) is 0 Å². The molecule has 0 aliphatic rings. The Balaban J connectivity index is 2.22. The van der Waals surface area contributed by atoms with Crippen LogP contribution in [0.15, 0.2) is 30.3 Å². The molecule has 0 saturated carbocycles. The molecule has 28 heavy (non-hydrogen) atoms. The second-order valence-corrected chi connectivity index (χ2v) is 7.47. The van der Waals surface area contributed by atoms with Gasteiger partial charge in [0.2, 0.25) is 0 Å². The van der Waals surface area contributed by atoms with Crippen LogP contribution in [-0.4, -0.2) is 40.6 Å². The van der Waals surface area contributed by atoms with Gasteiger partial charge in [-0.15, -0.1) is 0 Å². The smallest absolute Gasteiger partial charge is 0.166 e. The Morgan fingerprint density at radius 1 is 1.07 bits per heavy atom. The predicted molar refractivity (Wildman–Crippen MR) is 119 cm³/mol. The van der Waals surface area contributed by atoms with E-state index >= 15 is 0 Å². The van der Waals surface area contributed by atoms with Gasteiger partial charge in [-0.3, -0.25) is 0 Å². The molecule has 2 atom stereocenters. The highest BCUT2D eigenvalue weighted by Gasteiger charge is 2.16. The molecule has 0 aliphatic heterocycles. The van der Waals surface area contributed by atoms with E-state index in [1.807, 2.05) is 0 Å². The van der Waals surface area contributed by atoms with E-state index in [2.05, 4.69) is 17.6 Å². The number of hydrogen-bond donors (Lipinski definition) is 4. The third-order valence-electron chi connectivity index (χ3n) is 4.60. The Hall–Kier alpha value is -1.50. The van der Waals surface area contributed by atoms with E-state index in [9.17, 15) is 14.6 Å².